The molecule has 1 fully saturated rings. The molecule has 1 aliphatic carbocycles. The van der Waals surface area contributed by atoms with Gasteiger partial charge in [0.25, 0.3) is 5.91 Å². The minimum Gasteiger partial charge on any atom is -0.481 e. The highest BCUT2D eigenvalue weighted by molar-refractivity contribution is 9.10. The first-order valence-corrected chi connectivity index (χ1v) is 6.96. The summed E-state index contributed by atoms with van der Waals surface area (Å²) in [7, 11) is 0. The number of hydrogen-bond donors (Lipinski definition) is 2. The van der Waals surface area contributed by atoms with E-state index in [2.05, 4.69) is 21.2 Å². The Morgan fingerprint density at radius 1 is 1.58 bits per heavy atom. The fraction of sp³-hybridized carbons (Fsp3) is 0.462. The van der Waals surface area contributed by atoms with E-state index in [4.69, 9.17) is 10.5 Å². The maximum absolute atomic E-state index is 13.5. The van der Waals surface area contributed by atoms with Gasteiger partial charge in [0.1, 0.15) is 0 Å². The van der Waals surface area contributed by atoms with Crippen molar-refractivity contribution < 1.29 is 13.9 Å². The van der Waals surface area contributed by atoms with Crippen molar-refractivity contribution in [1.82, 2.24) is 5.32 Å². The molecule has 0 saturated heterocycles. The quantitative estimate of drug-likeness (QED) is 0.836. The van der Waals surface area contributed by atoms with Gasteiger partial charge in [0.2, 0.25) is 0 Å². The van der Waals surface area contributed by atoms with E-state index in [1.807, 2.05) is 0 Å². The van der Waals surface area contributed by atoms with E-state index < -0.39 is 5.82 Å². The fourth-order valence-corrected chi connectivity index (χ4v) is 2.18. The molecule has 3 N–H and O–H groups in total. The van der Waals surface area contributed by atoms with Crippen molar-refractivity contribution in [1.29, 1.82) is 0 Å². The highest BCUT2D eigenvalue weighted by atomic mass is 79.9. The van der Waals surface area contributed by atoms with Gasteiger partial charge in [0, 0.05) is 17.1 Å². The third-order valence-corrected chi connectivity index (χ3v) is 3.54. The molecule has 4 nitrogen and oxygen atoms in total. The zero-order valence-electron chi connectivity index (χ0n) is 10.4. The Balaban J connectivity index is 1.82. The molecular formula is C13H16BrFN2O2. The normalized spacial score (nSPS) is 15.9. The van der Waals surface area contributed by atoms with Crippen molar-refractivity contribution in [3.63, 3.8) is 0 Å². The molecule has 1 amide bonds. The summed E-state index contributed by atoms with van der Waals surface area (Å²) in [5, 5.41) is 2.81. The molecule has 1 saturated carbocycles. The summed E-state index contributed by atoms with van der Waals surface area (Å²) in [5.41, 5.74) is 5.59. The topological polar surface area (TPSA) is 64.3 Å². The van der Waals surface area contributed by atoms with E-state index >= 15 is 0 Å². The predicted molar refractivity (Wildman–Crippen MR) is 73.3 cm³/mol. The highest BCUT2D eigenvalue weighted by Gasteiger charge is 2.31. The van der Waals surface area contributed by atoms with Crippen LogP contribution >= 0.6 is 15.9 Å². The van der Waals surface area contributed by atoms with E-state index in [-0.39, 0.29) is 24.3 Å². The van der Waals surface area contributed by atoms with Crippen molar-refractivity contribution in [3.8, 4) is 5.75 Å². The number of benzene rings is 1. The number of halogens is 2. The van der Waals surface area contributed by atoms with Crippen LogP contribution in [0.5, 0.6) is 5.75 Å². The molecule has 2 rings (SSSR count). The zero-order valence-corrected chi connectivity index (χ0v) is 12.0. The molecule has 6 heteroatoms. The molecule has 0 aliphatic heterocycles. The van der Waals surface area contributed by atoms with Crippen LogP contribution in [0.1, 0.15) is 12.8 Å². The third kappa shape index (κ3) is 4.18. The van der Waals surface area contributed by atoms with E-state index in [9.17, 15) is 9.18 Å². The van der Waals surface area contributed by atoms with Crippen LogP contribution in [0.4, 0.5) is 4.39 Å². The number of rotatable bonds is 6. The lowest BCUT2D eigenvalue weighted by Gasteiger charge is -2.16. The molecule has 1 aromatic carbocycles. The van der Waals surface area contributed by atoms with E-state index in [1.54, 1.807) is 6.07 Å². The molecule has 0 aromatic heterocycles. The van der Waals surface area contributed by atoms with Gasteiger partial charge >= 0.3 is 0 Å². The van der Waals surface area contributed by atoms with Crippen LogP contribution in [0.25, 0.3) is 0 Å². The first kappa shape index (κ1) is 14.3. The van der Waals surface area contributed by atoms with Gasteiger partial charge in [-0.3, -0.25) is 4.79 Å². The van der Waals surface area contributed by atoms with Crippen LogP contribution in [0.3, 0.4) is 0 Å². The van der Waals surface area contributed by atoms with Crippen molar-refractivity contribution in [2.24, 2.45) is 11.7 Å². The highest BCUT2D eigenvalue weighted by Crippen LogP contribution is 2.32. The fourth-order valence-electron chi connectivity index (χ4n) is 1.85. The Hall–Kier alpha value is -1.14. The summed E-state index contributed by atoms with van der Waals surface area (Å²) in [6, 6.07) is 4.43. The maximum atomic E-state index is 13.5. The van der Waals surface area contributed by atoms with Gasteiger partial charge in [-0.15, -0.1) is 0 Å². The number of carbonyl (C=O) groups is 1. The standard InChI is InChI=1S/C13H16BrFN2O2/c14-9-3-4-12(10(15)5-9)19-7-13(18)17-11(6-16)8-1-2-8/h3-5,8,11H,1-2,6-7,16H2,(H,17,18). The molecule has 0 heterocycles. The van der Waals surface area contributed by atoms with Gasteiger partial charge in [-0.2, -0.15) is 0 Å². The van der Waals surface area contributed by atoms with Crippen molar-refractivity contribution >= 4 is 21.8 Å². The molecule has 0 spiro atoms. The average molecular weight is 331 g/mol. The van der Waals surface area contributed by atoms with Gasteiger partial charge in [0.05, 0.1) is 0 Å². The van der Waals surface area contributed by atoms with Gasteiger partial charge < -0.3 is 15.8 Å². The Morgan fingerprint density at radius 2 is 2.32 bits per heavy atom. The predicted octanol–water partition coefficient (Wildman–Crippen LogP) is 1.82. The zero-order chi connectivity index (χ0) is 13.8. The number of carbonyl (C=O) groups excluding carboxylic acids is 1. The molecule has 1 unspecified atom stereocenters. The first-order valence-electron chi connectivity index (χ1n) is 6.17. The van der Waals surface area contributed by atoms with Crippen LogP contribution in [-0.2, 0) is 4.79 Å². The minimum absolute atomic E-state index is 0.00543. The molecule has 104 valence electrons. The number of nitrogens with one attached hydrogen (secondary N) is 1. The second-order valence-electron chi connectivity index (χ2n) is 4.61. The number of amides is 1. The van der Waals surface area contributed by atoms with E-state index in [1.165, 1.54) is 12.1 Å². The van der Waals surface area contributed by atoms with Gasteiger partial charge in [-0.05, 0) is 37.0 Å². The Morgan fingerprint density at radius 3 is 2.89 bits per heavy atom. The van der Waals surface area contributed by atoms with Crippen LogP contribution < -0.4 is 15.8 Å². The van der Waals surface area contributed by atoms with Crippen LogP contribution in [-0.4, -0.2) is 25.1 Å². The molecule has 1 aromatic rings. The number of nitrogens with two attached hydrogens (primary N) is 1. The SMILES string of the molecule is NCC(NC(=O)COc1ccc(Br)cc1F)C1CC1. The summed E-state index contributed by atoms with van der Waals surface area (Å²) in [4.78, 5) is 11.7. The number of ether oxygens (including phenoxy) is 1. The first-order chi connectivity index (χ1) is 9.10. The van der Waals surface area contributed by atoms with E-state index in [0.717, 1.165) is 12.8 Å². The van der Waals surface area contributed by atoms with Crippen molar-refractivity contribution in [3.05, 3.63) is 28.5 Å². The largest absolute Gasteiger partial charge is 0.481 e. The Bertz CT molecular complexity index is 466. The van der Waals surface area contributed by atoms with Crippen LogP contribution in [0.2, 0.25) is 0 Å². The van der Waals surface area contributed by atoms with Crippen LogP contribution in [0.15, 0.2) is 22.7 Å². The third-order valence-electron chi connectivity index (χ3n) is 3.04. The summed E-state index contributed by atoms with van der Waals surface area (Å²) < 4.78 is 19.2. The summed E-state index contributed by atoms with van der Waals surface area (Å²) in [6.45, 7) is 0.213. The Labute approximate surface area is 119 Å². The van der Waals surface area contributed by atoms with Crippen molar-refractivity contribution in [2.75, 3.05) is 13.2 Å². The van der Waals surface area contributed by atoms with Crippen LogP contribution in [0, 0.1) is 11.7 Å². The second kappa shape index (κ2) is 6.34. The lowest BCUT2D eigenvalue weighted by Crippen LogP contribution is -2.43. The van der Waals surface area contributed by atoms with Crippen molar-refractivity contribution in [2.45, 2.75) is 18.9 Å². The molecule has 1 atom stereocenters. The van der Waals surface area contributed by atoms with Gasteiger partial charge in [-0.1, -0.05) is 15.9 Å². The molecule has 1 aliphatic rings. The average Bonchev–Trinajstić information content (AvgIpc) is 3.19. The minimum atomic E-state index is -0.500. The summed E-state index contributed by atoms with van der Waals surface area (Å²) in [5.74, 6) is -0.225. The monoisotopic (exact) mass is 330 g/mol. The molecule has 0 radical (unpaired) electrons. The lowest BCUT2D eigenvalue weighted by molar-refractivity contribution is -0.123. The molecule has 19 heavy (non-hydrogen) atoms. The van der Waals surface area contributed by atoms with Gasteiger partial charge in [-0.25, -0.2) is 4.39 Å². The lowest BCUT2D eigenvalue weighted by atomic mass is 10.2. The Kier molecular flexibility index (Phi) is 4.76. The number of hydrogen-bond acceptors (Lipinski definition) is 3. The summed E-state index contributed by atoms with van der Waals surface area (Å²) >= 11 is 3.15. The van der Waals surface area contributed by atoms with E-state index in [0.29, 0.717) is 16.9 Å². The maximum Gasteiger partial charge on any atom is 0.258 e. The smallest absolute Gasteiger partial charge is 0.258 e. The summed E-state index contributed by atoms with van der Waals surface area (Å²) in [6.07, 6.45) is 2.20. The molecule has 0 bridgehead atoms. The molecular weight excluding hydrogens is 315 g/mol. The second-order valence-corrected chi connectivity index (χ2v) is 5.53. The van der Waals surface area contributed by atoms with Gasteiger partial charge in [0.15, 0.2) is 18.2 Å².